The average molecular weight is 347 g/mol. The number of likely N-dealkylation sites (tertiary alicyclic amines) is 1. The monoisotopic (exact) mass is 347 g/mol. The van der Waals surface area contributed by atoms with Crippen LogP contribution in [0.1, 0.15) is 18.4 Å². The lowest BCUT2D eigenvalue weighted by Gasteiger charge is -2.30. The predicted molar refractivity (Wildman–Crippen MR) is 89.0 cm³/mol. The first kappa shape index (κ1) is 16.8. The second-order valence-electron chi connectivity index (χ2n) is 6.14. The van der Waals surface area contributed by atoms with E-state index in [1.807, 2.05) is 4.90 Å². The van der Waals surface area contributed by atoms with Crippen molar-refractivity contribution in [3.8, 4) is 0 Å². The van der Waals surface area contributed by atoms with Crippen LogP contribution in [0.2, 0.25) is 0 Å². The van der Waals surface area contributed by atoms with Gasteiger partial charge in [-0.25, -0.2) is 0 Å². The normalized spacial score (nSPS) is 16.2. The lowest BCUT2D eigenvalue weighted by Crippen LogP contribution is -2.38. The lowest BCUT2D eigenvalue weighted by molar-refractivity contribution is -0.385. The molecule has 4 N–H and O–H groups in total. The second kappa shape index (κ2) is 6.48. The Hall–Kier alpha value is -3.01. The van der Waals surface area contributed by atoms with Crippen LogP contribution in [-0.4, -0.2) is 38.8 Å². The number of H-pyrrole nitrogens is 2. The van der Waals surface area contributed by atoms with Crippen molar-refractivity contribution in [3.63, 3.8) is 0 Å². The Kier molecular flexibility index (Phi) is 4.36. The van der Waals surface area contributed by atoms with Gasteiger partial charge in [0.1, 0.15) is 0 Å². The van der Waals surface area contributed by atoms with Crippen molar-refractivity contribution in [1.29, 1.82) is 0 Å². The summed E-state index contributed by atoms with van der Waals surface area (Å²) in [7, 11) is 0. The topological polar surface area (TPSA) is 155 Å². The molecule has 0 radical (unpaired) electrons. The number of nitro benzene ring substituents is 1. The first-order valence-electron chi connectivity index (χ1n) is 7.80. The molecule has 1 fully saturated rings. The van der Waals surface area contributed by atoms with E-state index in [9.17, 15) is 24.5 Å². The van der Waals surface area contributed by atoms with Crippen LogP contribution in [0.5, 0.6) is 0 Å². The van der Waals surface area contributed by atoms with Crippen molar-refractivity contribution in [2.45, 2.75) is 19.4 Å². The number of hydrogen-bond donors (Lipinski definition) is 3. The molecule has 0 bridgehead atoms. The van der Waals surface area contributed by atoms with Gasteiger partial charge in [-0.1, -0.05) is 0 Å². The number of benzene rings is 1. The molecule has 25 heavy (non-hydrogen) atoms. The van der Waals surface area contributed by atoms with Crippen molar-refractivity contribution >= 4 is 22.6 Å². The molecule has 2 aromatic rings. The van der Waals surface area contributed by atoms with E-state index < -0.39 is 16.0 Å². The Morgan fingerprint density at radius 3 is 2.28 bits per heavy atom. The highest BCUT2D eigenvalue weighted by molar-refractivity contribution is 5.78. The Bertz CT molecular complexity index is 955. The smallest absolute Gasteiger partial charge is 0.314 e. The third kappa shape index (κ3) is 3.43. The van der Waals surface area contributed by atoms with Crippen molar-refractivity contribution in [2.24, 2.45) is 11.7 Å². The highest BCUT2D eigenvalue weighted by Gasteiger charge is 2.25. The molecule has 1 aliphatic heterocycles. The van der Waals surface area contributed by atoms with Crippen molar-refractivity contribution < 1.29 is 9.72 Å². The highest BCUT2D eigenvalue weighted by Crippen LogP contribution is 2.26. The molecule has 3 rings (SSSR count). The van der Waals surface area contributed by atoms with Gasteiger partial charge >= 0.3 is 11.1 Å². The number of amides is 1. The number of rotatable bonds is 4. The number of nitrogens with one attached hydrogen (secondary N) is 2. The third-order valence-electron chi connectivity index (χ3n) is 4.50. The quantitative estimate of drug-likeness (QED) is 0.396. The SMILES string of the molecule is NC(=O)C1CCN(Cc2cc3[nH]c(=O)c(=O)[nH]c3cc2[N+](=O)[O-])CC1. The van der Waals surface area contributed by atoms with E-state index >= 15 is 0 Å². The summed E-state index contributed by atoms with van der Waals surface area (Å²) in [6.45, 7) is 1.51. The Morgan fingerprint density at radius 1 is 1.20 bits per heavy atom. The maximum Gasteiger partial charge on any atom is 0.314 e. The fraction of sp³-hybridized carbons (Fsp3) is 0.400. The molecule has 10 nitrogen and oxygen atoms in total. The first-order chi connectivity index (χ1) is 11.8. The maximum absolute atomic E-state index is 11.5. The minimum atomic E-state index is -0.858. The summed E-state index contributed by atoms with van der Waals surface area (Å²) in [4.78, 5) is 51.7. The minimum Gasteiger partial charge on any atom is -0.369 e. The van der Waals surface area contributed by atoms with Gasteiger partial charge in [0.25, 0.3) is 5.69 Å². The molecule has 0 aliphatic carbocycles. The zero-order chi connectivity index (χ0) is 18.1. The summed E-state index contributed by atoms with van der Waals surface area (Å²) in [5.74, 6) is -0.484. The number of nitro groups is 1. The Morgan fingerprint density at radius 2 is 1.76 bits per heavy atom. The zero-order valence-corrected chi connectivity index (χ0v) is 13.3. The van der Waals surface area contributed by atoms with Crippen LogP contribution in [0.25, 0.3) is 11.0 Å². The molecule has 132 valence electrons. The van der Waals surface area contributed by atoms with Gasteiger partial charge in [-0.05, 0) is 32.0 Å². The lowest BCUT2D eigenvalue weighted by atomic mass is 9.96. The number of aromatic nitrogens is 2. The Labute approximate surface area is 140 Å². The molecule has 0 saturated carbocycles. The fourth-order valence-corrected chi connectivity index (χ4v) is 3.11. The van der Waals surface area contributed by atoms with Crippen LogP contribution in [0.4, 0.5) is 5.69 Å². The van der Waals surface area contributed by atoms with Crippen molar-refractivity contribution in [2.75, 3.05) is 13.1 Å². The van der Waals surface area contributed by atoms with Gasteiger partial charge in [-0.15, -0.1) is 0 Å². The van der Waals surface area contributed by atoms with Gasteiger partial charge in [0, 0.05) is 24.1 Å². The first-order valence-corrected chi connectivity index (χ1v) is 7.80. The minimum absolute atomic E-state index is 0.132. The largest absolute Gasteiger partial charge is 0.369 e. The van der Waals surface area contributed by atoms with Gasteiger partial charge in [0.05, 0.1) is 16.0 Å². The molecule has 1 aromatic carbocycles. The summed E-state index contributed by atoms with van der Waals surface area (Å²) in [6, 6.07) is 2.75. The summed E-state index contributed by atoms with van der Waals surface area (Å²) in [5.41, 5.74) is 4.47. The molecule has 0 atom stereocenters. The number of piperidine rings is 1. The van der Waals surface area contributed by atoms with Crippen LogP contribution < -0.4 is 16.9 Å². The van der Waals surface area contributed by atoms with Crippen LogP contribution >= 0.6 is 0 Å². The van der Waals surface area contributed by atoms with E-state index in [0.29, 0.717) is 43.6 Å². The van der Waals surface area contributed by atoms with Gasteiger partial charge in [0.15, 0.2) is 0 Å². The van der Waals surface area contributed by atoms with E-state index in [-0.39, 0.29) is 23.0 Å². The molecule has 0 unspecified atom stereocenters. The molecule has 1 amide bonds. The molecule has 1 saturated heterocycles. The molecular formula is C15H17N5O5. The van der Waals surface area contributed by atoms with Crippen LogP contribution in [0, 0.1) is 16.0 Å². The fourth-order valence-electron chi connectivity index (χ4n) is 3.11. The van der Waals surface area contributed by atoms with Crippen LogP contribution in [0.3, 0.4) is 0 Å². The Balaban J connectivity index is 1.92. The molecule has 1 aliphatic rings. The number of nitrogens with two attached hydrogens (primary N) is 1. The van der Waals surface area contributed by atoms with Crippen molar-refractivity contribution in [3.05, 3.63) is 48.5 Å². The van der Waals surface area contributed by atoms with Gasteiger partial charge in [-0.2, -0.15) is 0 Å². The van der Waals surface area contributed by atoms with E-state index in [4.69, 9.17) is 5.73 Å². The number of primary amides is 1. The number of aromatic amines is 2. The third-order valence-corrected chi connectivity index (χ3v) is 4.50. The number of nitrogens with zero attached hydrogens (tertiary/aromatic N) is 2. The molecule has 10 heteroatoms. The van der Waals surface area contributed by atoms with Gasteiger partial charge in [-0.3, -0.25) is 29.4 Å². The number of carbonyl (C=O) groups is 1. The number of carbonyl (C=O) groups excluding carboxylic acids is 1. The van der Waals surface area contributed by atoms with E-state index in [1.54, 1.807) is 0 Å². The molecule has 2 heterocycles. The summed E-state index contributed by atoms with van der Waals surface area (Å²) < 4.78 is 0. The van der Waals surface area contributed by atoms with E-state index in [1.165, 1.54) is 12.1 Å². The summed E-state index contributed by atoms with van der Waals surface area (Å²) in [5, 5.41) is 11.4. The number of hydrogen-bond acceptors (Lipinski definition) is 6. The highest BCUT2D eigenvalue weighted by atomic mass is 16.6. The van der Waals surface area contributed by atoms with E-state index in [0.717, 1.165) is 0 Å². The maximum atomic E-state index is 11.5. The van der Waals surface area contributed by atoms with Crippen LogP contribution in [-0.2, 0) is 11.3 Å². The van der Waals surface area contributed by atoms with Gasteiger partial charge in [0.2, 0.25) is 5.91 Å². The second-order valence-corrected chi connectivity index (χ2v) is 6.14. The van der Waals surface area contributed by atoms with Gasteiger partial charge < -0.3 is 15.7 Å². The van der Waals surface area contributed by atoms with Crippen molar-refractivity contribution in [1.82, 2.24) is 14.9 Å². The predicted octanol–water partition coefficient (Wildman–Crippen LogP) is -0.178. The zero-order valence-electron chi connectivity index (χ0n) is 13.3. The van der Waals surface area contributed by atoms with Crippen LogP contribution in [0.15, 0.2) is 21.7 Å². The molecule has 0 spiro atoms. The van der Waals surface area contributed by atoms with E-state index in [2.05, 4.69) is 9.97 Å². The summed E-state index contributed by atoms with van der Waals surface area (Å²) in [6.07, 6.45) is 1.22. The number of fused-ring (bicyclic) bond motifs is 1. The average Bonchev–Trinajstić information content (AvgIpc) is 2.56. The molecular weight excluding hydrogens is 330 g/mol. The molecule has 1 aromatic heterocycles. The standard InChI is InChI=1S/C15H17N5O5/c16-13(21)8-1-3-19(4-2-8)7-9-5-10-11(6-12(9)20(24)25)18-15(23)14(22)17-10/h5-6,8H,1-4,7H2,(H2,16,21)(H,17,22)(H,18,23). The summed E-state index contributed by atoms with van der Waals surface area (Å²) >= 11 is 0.